The van der Waals surface area contributed by atoms with Crippen molar-refractivity contribution in [2.75, 3.05) is 31.5 Å². The number of amides is 1. The quantitative estimate of drug-likeness (QED) is 0.238. The molecule has 0 spiro atoms. The van der Waals surface area contributed by atoms with E-state index in [9.17, 15) is 14.4 Å². The van der Waals surface area contributed by atoms with Gasteiger partial charge < -0.3 is 20.5 Å². The number of carbonyl (C=O) groups is 3. The summed E-state index contributed by atoms with van der Waals surface area (Å²) >= 11 is 5.68. The minimum absolute atomic E-state index is 0.0624. The first-order valence-corrected chi connectivity index (χ1v) is 11.8. The van der Waals surface area contributed by atoms with Crippen LogP contribution in [0.25, 0.3) is 0 Å². The van der Waals surface area contributed by atoms with E-state index in [0.29, 0.717) is 42.3 Å². The lowest BCUT2D eigenvalue weighted by Gasteiger charge is -2.19. The highest BCUT2D eigenvalue weighted by Crippen LogP contribution is 2.25. The van der Waals surface area contributed by atoms with Crippen LogP contribution in [-0.2, 0) is 14.3 Å². The Morgan fingerprint density at radius 3 is 2.50 bits per heavy atom. The highest BCUT2D eigenvalue weighted by molar-refractivity contribution is 7.98. The molecule has 2 unspecified atom stereocenters. The molecule has 168 valence electrons. The topological polar surface area (TPSA) is 108 Å². The molecule has 30 heavy (non-hydrogen) atoms. The van der Waals surface area contributed by atoms with E-state index in [1.807, 2.05) is 32.2 Å². The van der Waals surface area contributed by atoms with Gasteiger partial charge in [-0.15, -0.1) is 0 Å². The summed E-state index contributed by atoms with van der Waals surface area (Å²) in [6.07, 6.45) is 2.86. The second-order valence-electron chi connectivity index (χ2n) is 7.15. The van der Waals surface area contributed by atoms with Crippen LogP contribution in [0.3, 0.4) is 0 Å². The average Bonchev–Trinajstić information content (AvgIpc) is 2.74. The predicted octanol–water partition coefficient (Wildman–Crippen LogP) is 2.43. The summed E-state index contributed by atoms with van der Waals surface area (Å²) in [4.78, 5) is 37.1. The van der Waals surface area contributed by atoms with Crippen molar-refractivity contribution in [2.45, 2.75) is 44.7 Å². The van der Waals surface area contributed by atoms with Crippen LogP contribution in [0.15, 0.2) is 18.2 Å². The molecule has 0 saturated carbocycles. The van der Waals surface area contributed by atoms with E-state index in [1.165, 1.54) is 11.8 Å². The first-order valence-electron chi connectivity index (χ1n) is 9.80. The number of nitrogens with one attached hydrogen (secondary N) is 1. The van der Waals surface area contributed by atoms with Crippen LogP contribution in [-0.4, -0.2) is 61.2 Å². The number of carbonyl (C=O) groups excluding carboxylic acids is 3. The van der Waals surface area contributed by atoms with Crippen LogP contribution >= 0.6 is 24.4 Å². The van der Waals surface area contributed by atoms with Gasteiger partial charge in [0.2, 0.25) is 0 Å². The van der Waals surface area contributed by atoms with Crippen molar-refractivity contribution in [1.82, 2.24) is 5.32 Å². The van der Waals surface area contributed by atoms with E-state index < -0.39 is 23.7 Å². The Morgan fingerprint density at radius 1 is 1.23 bits per heavy atom. The third-order valence-electron chi connectivity index (χ3n) is 4.50. The van der Waals surface area contributed by atoms with Gasteiger partial charge in [0.25, 0.3) is 11.7 Å². The molecule has 1 rings (SSSR count). The molecule has 3 N–H and O–H groups in total. The maximum atomic E-state index is 13.0. The van der Waals surface area contributed by atoms with Gasteiger partial charge in [0, 0.05) is 17.4 Å². The van der Waals surface area contributed by atoms with E-state index in [1.54, 1.807) is 6.07 Å². The molecule has 0 heterocycles. The van der Waals surface area contributed by atoms with Crippen LogP contribution in [0, 0.1) is 0 Å². The second kappa shape index (κ2) is 13.6. The van der Waals surface area contributed by atoms with Gasteiger partial charge in [0.1, 0.15) is 11.8 Å². The number of nitrogens with two attached hydrogens (primary N) is 1. The summed E-state index contributed by atoms with van der Waals surface area (Å²) < 4.78 is 10.3. The third-order valence-corrected chi connectivity index (χ3v) is 5.62. The molecule has 1 aromatic carbocycles. The summed E-state index contributed by atoms with van der Waals surface area (Å²) in [5, 5.41) is 2.70. The number of rotatable bonds is 13. The Balaban J connectivity index is 3.05. The normalized spacial score (nSPS) is 12.9. The standard InChI is InChI=1S/C21H32N2O5S2/c1-13(2)16-6-5-15(28-9-7-14(22)12-29)11-17(16)20(25)23-18(8-10-30-4)19(24)21(26)27-3/h5-6,11,13-14,18,29H,7-10,12,22H2,1-4H3,(H,23,25). The first-order chi connectivity index (χ1) is 14.2. The van der Waals surface area contributed by atoms with Crippen LogP contribution in [0.4, 0.5) is 0 Å². The molecular formula is C21H32N2O5S2. The summed E-state index contributed by atoms with van der Waals surface area (Å²) in [6.45, 7) is 4.35. The van der Waals surface area contributed by atoms with Gasteiger partial charge in [-0.1, -0.05) is 19.9 Å². The fourth-order valence-electron chi connectivity index (χ4n) is 2.73. The Bertz CT molecular complexity index is 727. The highest BCUT2D eigenvalue weighted by atomic mass is 32.2. The number of Topliss-reactive ketones (excluding diaryl/α,β-unsaturated/α-hetero) is 1. The van der Waals surface area contributed by atoms with Crippen molar-refractivity contribution in [3.63, 3.8) is 0 Å². The summed E-state index contributed by atoms with van der Waals surface area (Å²) in [5.41, 5.74) is 7.08. The Hall–Kier alpha value is -1.71. The van der Waals surface area contributed by atoms with Gasteiger partial charge in [-0.2, -0.15) is 24.4 Å². The van der Waals surface area contributed by atoms with Gasteiger partial charge in [0.15, 0.2) is 0 Å². The van der Waals surface area contributed by atoms with Crippen LogP contribution in [0.2, 0.25) is 0 Å². The number of thiol groups is 1. The molecule has 0 aliphatic heterocycles. The SMILES string of the molecule is COC(=O)C(=O)C(CCSC)NC(=O)c1cc(OCCC(N)CS)ccc1C(C)C. The fourth-order valence-corrected chi connectivity index (χ4v) is 3.38. The number of esters is 1. The lowest BCUT2D eigenvalue weighted by atomic mass is 9.96. The van der Waals surface area contributed by atoms with Gasteiger partial charge in [-0.05, 0) is 48.5 Å². The van der Waals surface area contributed by atoms with E-state index in [2.05, 4.69) is 22.7 Å². The number of ketones is 1. The van der Waals surface area contributed by atoms with Crippen molar-refractivity contribution in [1.29, 1.82) is 0 Å². The molecule has 0 aliphatic rings. The van der Waals surface area contributed by atoms with Crippen molar-refractivity contribution in [3.8, 4) is 5.75 Å². The minimum Gasteiger partial charge on any atom is -0.494 e. The number of hydrogen-bond acceptors (Lipinski definition) is 8. The number of methoxy groups -OCH3 is 1. The third kappa shape index (κ3) is 8.20. The van der Waals surface area contributed by atoms with Gasteiger partial charge in [0.05, 0.1) is 13.7 Å². The maximum absolute atomic E-state index is 13.0. The fraction of sp³-hybridized carbons (Fsp3) is 0.571. The molecule has 0 aliphatic carbocycles. The van der Waals surface area contributed by atoms with E-state index in [-0.39, 0.29) is 12.0 Å². The molecule has 0 radical (unpaired) electrons. The molecule has 1 aromatic rings. The first kappa shape index (κ1) is 26.3. The molecule has 0 aromatic heterocycles. The van der Waals surface area contributed by atoms with E-state index >= 15 is 0 Å². The van der Waals surface area contributed by atoms with E-state index in [0.717, 1.165) is 12.7 Å². The second-order valence-corrected chi connectivity index (χ2v) is 8.50. The Labute approximate surface area is 188 Å². The van der Waals surface area contributed by atoms with Crippen molar-refractivity contribution in [3.05, 3.63) is 29.3 Å². The Morgan fingerprint density at radius 2 is 1.93 bits per heavy atom. The van der Waals surface area contributed by atoms with Crippen molar-refractivity contribution >= 4 is 42.1 Å². The van der Waals surface area contributed by atoms with Crippen LogP contribution in [0.5, 0.6) is 5.75 Å². The molecule has 0 fully saturated rings. The molecular weight excluding hydrogens is 424 g/mol. The summed E-state index contributed by atoms with van der Waals surface area (Å²) in [6, 6.07) is 4.30. The molecule has 0 bridgehead atoms. The largest absolute Gasteiger partial charge is 0.494 e. The molecule has 7 nitrogen and oxygen atoms in total. The highest BCUT2D eigenvalue weighted by Gasteiger charge is 2.28. The predicted molar refractivity (Wildman–Crippen MR) is 124 cm³/mol. The number of benzene rings is 1. The number of hydrogen-bond donors (Lipinski definition) is 3. The molecule has 0 saturated heterocycles. The van der Waals surface area contributed by atoms with Gasteiger partial charge in [-0.3, -0.25) is 9.59 Å². The average molecular weight is 457 g/mol. The zero-order valence-electron chi connectivity index (χ0n) is 18.0. The van der Waals surface area contributed by atoms with Crippen LogP contribution in [0.1, 0.15) is 48.5 Å². The minimum atomic E-state index is -0.969. The Kier molecular flexibility index (Phi) is 11.9. The van der Waals surface area contributed by atoms with Gasteiger partial charge >= 0.3 is 5.97 Å². The molecule has 1 amide bonds. The van der Waals surface area contributed by atoms with Crippen LogP contribution < -0.4 is 15.8 Å². The summed E-state index contributed by atoms with van der Waals surface area (Å²) in [5.74, 6) is -0.371. The monoisotopic (exact) mass is 456 g/mol. The number of thioether (sulfide) groups is 1. The lowest BCUT2D eigenvalue weighted by molar-refractivity contribution is -0.152. The number of ether oxygens (including phenoxy) is 2. The van der Waals surface area contributed by atoms with Crippen molar-refractivity contribution in [2.24, 2.45) is 5.73 Å². The smallest absolute Gasteiger partial charge is 0.376 e. The molecule has 9 heteroatoms. The maximum Gasteiger partial charge on any atom is 0.376 e. The zero-order chi connectivity index (χ0) is 22.7. The lowest BCUT2D eigenvalue weighted by Crippen LogP contribution is -2.45. The molecule has 2 atom stereocenters. The zero-order valence-corrected chi connectivity index (χ0v) is 19.7. The van der Waals surface area contributed by atoms with Crippen molar-refractivity contribution < 1.29 is 23.9 Å². The van der Waals surface area contributed by atoms with E-state index in [4.69, 9.17) is 10.5 Å². The van der Waals surface area contributed by atoms with Gasteiger partial charge in [-0.25, -0.2) is 4.79 Å². The summed E-state index contributed by atoms with van der Waals surface area (Å²) in [7, 11) is 1.14.